The van der Waals surface area contributed by atoms with Gasteiger partial charge in [0.25, 0.3) is 0 Å². The van der Waals surface area contributed by atoms with Gasteiger partial charge < -0.3 is 15.3 Å². The number of hydrogen-bond acceptors (Lipinski definition) is 2. The van der Waals surface area contributed by atoms with Crippen molar-refractivity contribution in [2.75, 3.05) is 18.4 Å². The number of benzene rings is 1. The molecule has 0 atom stereocenters. The van der Waals surface area contributed by atoms with Crippen LogP contribution < -0.4 is 5.32 Å². The number of likely N-dealkylation sites (N-methyl/N-ethyl adjacent to an activating group) is 1. The minimum absolute atomic E-state index is 0.102. The number of carbonyl (C=O) groups excluding carboxylic acids is 1. The van der Waals surface area contributed by atoms with Gasteiger partial charge in [0, 0.05) is 6.54 Å². The fourth-order valence-electron chi connectivity index (χ4n) is 1.28. The molecule has 5 nitrogen and oxygen atoms in total. The van der Waals surface area contributed by atoms with Crippen molar-refractivity contribution >= 4 is 29.3 Å². The Morgan fingerprint density at radius 3 is 2.72 bits per heavy atom. The van der Waals surface area contributed by atoms with Crippen LogP contribution in [0.2, 0.25) is 5.02 Å². The zero-order valence-corrected chi connectivity index (χ0v) is 10.4. The summed E-state index contributed by atoms with van der Waals surface area (Å²) in [6.07, 6.45) is 0. The van der Waals surface area contributed by atoms with Crippen LogP contribution in [0.25, 0.3) is 0 Å². The highest BCUT2D eigenvalue weighted by atomic mass is 35.5. The lowest BCUT2D eigenvalue weighted by Gasteiger charge is -2.19. The van der Waals surface area contributed by atoms with Gasteiger partial charge in [-0.15, -0.1) is 0 Å². The van der Waals surface area contributed by atoms with Crippen molar-refractivity contribution in [2.45, 2.75) is 6.92 Å². The highest BCUT2D eigenvalue weighted by Crippen LogP contribution is 2.22. The fourth-order valence-corrected chi connectivity index (χ4v) is 1.44. The standard InChI is InChI=1S/C11H12ClFN2O3/c1-2-15(6-10(16)17)11(18)14-9-5-7(13)3-4-8(9)12/h3-5H,2,6H2,1H3,(H,14,18)(H,16,17). The molecule has 0 saturated carbocycles. The summed E-state index contributed by atoms with van der Waals surface area (Å²) in [7, 11) is 0. The Balaban J connectivity index is 2.79. The molecular weight excluding hydrogens is 263 g/mol. The van der Waals surface area contributed by atoms with Crippen molar-refractivity contribution in [1.29, 1.82) is 0 Å². The lowest BCUT2D eigenvalue weighted by Crippen LogP contribution is -2.38. The number of urea groups is 1. The molecule has 0 aliphatic heterocycles. The maximum atomic E-state index is 13.0. The van der Waals surface area contributed by atoms with Crippen LogP contribution in [-0.2, 0) is 4.79 Å². The van der Waals surface area contributed by atoms with E-state index in [1.54, 1.807) is 6.92 Å². The number of anilines is 1. The molecule has 18 heavy (non-hydrogen) atoms. The second-order valence-electron chi connectivity index (χ2n) is 3.46. The number of aliphatic carboxylic acids is 1. The van der Waals surface area contributed by atoms with Crippen molar-refractivity contribution in [3.05, 3.63) is 29.0 Å². The Labute approximate surface area is 108 Å². The van der Waals surface area contributed by atoms with E-state index < -0.39 is 24.4 Å². The molecule has 0 fully saturated rings. The van der Waals surface area contributed by atoms with Gasteiger partial charge in [-0.25, -0.2) is 9.18 Å². The van der Waals surface area contributed by atoms with Gasteiger partial charge in [0.15, 0.2) is 0 Å². The first-order valence-corrected chi connectivity index (χ1v) is 5.54. The summed E-state index contributed by atoms with van der Waals surface area (Å²) < 4.78 is 13.0. The Morgan fingerprint density at radius 2 is 2.17 bits per heavy atom. The van der Waals surface area contributed by atoms with Crippen molar-refractivity contribution in [3.8, 4) is 0 Å². The van der Waals surface area contributed by atoms with E-state index in [9.17, 15) is 14.0 Å². The van der Waals surface area contributed by atoms with E-state index >= 15 is 0 Å². The average molecular weight is 275 g/mol. The number of carboxylic acid groups (broad SMARTS) is 1. The fraction of sp³-hybridized carbons (Fsp3) is 0.273. The third kappa shape index (κ3) is 3.89. The topological polar surface area (TPSA) is 69.6 Å². The molecule has 0 radical (unpaired) electrons. The predicted molar refractivity (Wildman–Crippen MR) is 65.3 cm³/mol. The molecule has 0 unspecified atom stereocenters. The quantitative estimate of drug-likeness (QED) is 0.886. The molecule has 2 amide bonds. The molecule has 0 aliphatic rings. The van der Waals surface area contributed by atoms with E-state index in [-0.39, 0.29) is 17.3 Å². The van der Waals surface area contributed by atoms with Gasteiger partial charge in [-0.1, -0.05) is 11.6 Å². The third-order valence-electron chi connectivity index (χ3n) is 2.17. The normalized spacial score (nSPS) is 9.94. The first kappa shape index (κ1) is 14.2. The molecule has 2 N–H and O–H groups in total. The number of amides is 2. The summed E-state index contributed by atoms with van der Waals surface area (Å²) in [6, 6.07) is 2.88. The Morgan fingerprint density at radius 1 is 1.50 bits per heavy atom. The summed E-state index contributed by atoms with van der Waals surface area (Å²) in [5.41, 5.74) is 0.102. The molecule has 98 valence electrons. The third-order valence-corrected chi connectivity index (χ3v) is 2.49. The van der Waals surface area contributed by atoms with Crippen molar-refractivity contribution in [1.82, 2.24) is 4.90 Å². The predicted octanol–water partition coefficient (Wildman–Crippen LogP) is 2.42. The second-order valence-corrected chi connectivity index (χ2v) is 3.87. The maximum absolute atomic E-state index is 13.0. The van der Waals surface area contributed by atoms with E-state index in [2.05, 4.69) is 5.32 Å². The number of carboxylic acids is 1. The van der Waals surface area contributed by atoms with E-state index in [1.807, 2.05) is 0 Å². The van der Waals surface area contributed by atoms with Crippen LogP contribution in [0.4, 0.5) is 14.9 Å². The lowest BCUT2D eigenvalue weighted by molar-refractivity contribution is -0.137. The molecule has 0 aliphatic carbocycles. The van der Waals surface area contributed by atoms with Crippen molar-refractivity contribution in [3.63, 3.8) is 0 Å². The largest absolute Gasteiger partial charge is 0.480 e. The van der Waals surface area contributed by atoms with Gasteiger partial charge in [-0.2, -0.15) is 0 Å². The molecule has 7 heteroatoms. The number of rotatable bonds is 4. The van der Waals surface area contributed by atoms with Gasteiger partial charge in [-0.05, 0) is 25.1 Å². The Kier molecular flexibility index (Phi) is 4.91. The number of halogens is 2. The number of nitrogens with one attached hydrogen (secondary N) is 1. The summed E-state index contributed by atoms with van der Waals surface area (Å²) >= 11 is 5.78. The number of nitrogens with zero attached hydrogens (tertiary/aromatic N) is 1. The van der Waals surface area contributed by atoms with Gasteiger partial charge in [0.05, 0.1) is 10.7 Å². The van der Waals surface area contributed by atoms with Crippen LogP contribution in [0, 0.1) is 5.82 Å². The Bertz CT molecular complexity index is 468. The Hall–Kier alpha value is -1.82. The summed E-state index contributed by atoms with van der Waals surface area (Å²) in [6.45, 7) is 1.41. The van der Waals surface area contributed by atoms with E-state index in [1.165, 1.54) is 6.07 Å². The van der Waals surface area contributed by atoms with E-state index in [4.69, 9.17) is 16.7 Å². The average Bonchev–Trinajstić information content (AvgIpc) is 2.30. The second kappa shape index (κ2) is 6.20. The number of hydrogen-bond donors (Lipinski definition) is 2. The van der Waals surface area contributed by atoms with Crippen LogP contribution in [-0.4, -0.2) is 35.1 Å². The van der Waals surface area contributed by atoms with Crippen LogP contribution >= 0.6 is 11.6 Å². The van der Waals surface area contributed by atoms with Crippen molar-refractivity contribution in [2.24, 2.45) is 0 Å². The molecule has 0 saturated heterocycles. The SMILES string of the molecule is CCN(CC(=O)O)C(=O)Nc1cc(F)ccc1Cl. The first-order chi connectivity index (χ1) is 8.43. The molecule has 0 spiro atoms. The van der Waals surface area contributed by atoms with Gasteiger partial charge in [0.2, 0.25) is 0 Å². The van der Waals surface area contributed by atoms with Gasteiger partial charge in [-0.3, -0.25) is 4.79 Å². The van der Waals surface area contributed by atoms with Gasteiger partial charge in [0.1, 0.15) is 12.4 Å². The zero-order valence-electron chi connectivity index (χ0n) is 9.61. The molecule has 1 aromatic carbocycles. The highest BCUT2D eigenvalue weighted by molar-refractivity contribution is 6.33. The first-order valence-electron chi connectivity index (χ1n) is 5.16. The van der Waals surface area contributed by atoms with Gasteiger partial charge >= 0.3 is 12.0 Å². The van der Waals surface area contributed by atoms with Crippen molar-refractivity contribution < 1.29 is 19.1 Å². The van der Waals surface area contributed by atoms with Crippen LogP contribution in [0.1, 0.15) is 6.92 Å². The summed E-state index contributed by atoms with van der Waals surface area (Å²) in [5.74, 6) is -1.67. The van der Waals surface area contributed by atoms with Crippen LogP contribution in [0.3, 0.4) is 0 Å². The minimum Gasteiger partial charge on any atom is -0.480 e. The molecular formula is C11H12ClFN2O3. The van der Waals surface area contributed by atoms with E-state index in [0.717, 1.165) is 17.0 Å². The van der Waals surface area contributed by atoms with E-state index in [0.29, 0.717) is 0 Å². The smallest absolute Gasteiger partial charge is 0.323 e. The molecule has 0 bridgehead atoms. The molecule has 0 heterocycles. The zero-order chi connectivity index (χ0) is 13.7. The maximum Gasteiger partial charge on any atom is 0.323 e. The summed E-state index contributed by atoms with van der Waals surface area (Å²) in [5, 5.41) is 11.2. The van der Waals surface area contributed by atoms with Crippen LogP contribution in [0.15, 0.2) is 18.2 Å². The van der Waals surface area contributed by atoms with Crippen LogP contribution in [0.5, 0.6) is 0 Å². The minimum atomic E-state index is -1.13. The molecule has 0 aromatic heterocycles. The highest BCUT2D eigenvalue weighted by Gasteiger charge is 2.16. The number of carbonyl (C=O) groups is 2. The monoisotopic (exact) mass is 274 g/mol. The lowest BCUT2D eigenvalue weighted by atomic mass is 10.3. The molecule has 1 aromatic rings. The summed E-state index contributed by atoms with van der Waals surface area (Å²) in [4.78, 5) is 23.3. The molecule has 1 rings (SSSR count).